The van der Waals surface area contributed by atoms with E-state index in [1.807, 2.05) is 26.0 Å². The minimum Gasteiger partial charge on any atom is -0.302 e. The average Bonchev–Trinajstić information content (AvgIpc) is 2.54. The summed E-state index contributed by atoms with van der Waals surface area (Å²) in [6.07, 6.45) is 6.58. The second kappa shape index (κ2) is 7.96. The van der Waals surface area contributed by atoms with Crippen LogP contribution in [0.1, 0.15) is 44.6 Å². The fourth-order valence-corrected chi connectivity index (χ4v) is 2.56. The van der Waals surface area contributed by atoms with Gasteiger partial charge in [0.05, 0.1) is 18.2 Å². The van der Waals surface area contributed by atoms with Crippen LogP contribution in [-0.2, 0) is 14.4 Å². The topological polar surface area (TPSA) is 68.3 Å². The quantitative estimate of drug-likeness (QED) is 0.496. The number of allylic oxidation sites excluding steroid dienone is 1. The summed E-state index contributed by atoms with van der Waals surface area (Å²) in [6.45, 7) is 4.39. The predicted molar refractivity (Wildman–Crippen MR) is 83.1 cm³/mol. The fourth-order valence-electron chi connectivity index (χ4n) is 2.56. The SMILES string of the molecule is CCONC(C=C1C(=O)CC(c2cccnc2)CC1=O)CC. The van der Waals surface area contributed by atoms with E-state index in [-0.39, 0.29) is 23.5 Å². The first-order valence-electron chi connectivity index (χ1n) is 7.71. The zero-order chi connectivity index (χ0) is 15.9. The molecule has 22 heavy (non-hydrogen) atoms. The van der Waals surface area contributed by atoms with Crippen LogP contribution in [0.3, 0.4) is 0 Å². The minimum atomic E-state index is -0.127. The lowest BCUT2D eigenvalue weighted by Crippen LogP contribution is -2.31. The summed E-state index contributed by atoms with van der Waals surface area (Å²) in [5, 5.41) is 0. The van der Waals surface area contributed by atoms with Crippen LogP contribution in [0.15, 0.2) is 36.2 Å². The van der Waals surface area contributed by atoms with E-state index in [1.54, 1.807) is 18.5 Å². The number of ketones is 2. The van der Waals surface area contributed by atoms with Gasteiger partial charge in [-0.2, -0.15) is 5.48 Å². The molecule has 1 aromatic heterocycles. The Balaban J connectivity index is 2.10. The first-order chi connectivity index (χ1) is 10.7. The number of rotatable bonds is 6. The predicted octanol–water partition coefficient (Wildman–Crippen LogP) is 2.34. The first-order valence-corrected chi connectivity index (χ1v) is 7.71. The van der Waals surface area contributed by atoms with Crippen molar-refractivity contribution in [2.75, 3.05) is 6.61 Å². The summed E-state index contributed by atoms with van der Waals surface area (Å²) in [5.41, 5.74) is 4.11. The fraction of sp³-hybridized carbons (Fsp3) is 0.471. The molecule has 0 spiro atoms. The molecule has 2 rings (SSSR count). The van der Waals surface area contributed by atoms with E-state index in [9.17, 15) is 9.59 Å². The number of hydrogen-bond acceptors (Lipinski definition) is 5. The minimum absolute atomic E-state index is 0.0641. The highest BCUT2D eigenvalue weighted by molar-refractivity contribution is 6.22. The highest BCUT2D eigenvalue weighted by atomic mass is 16.6. The van der Waals surface area contributed by atoms with Crippen LogP contribution in [0.2, 0.25) is 0 Å². The lowest BCUT2D eigenvalue weighted by molar-refractivity contribution is -0.124. The molecule has 5 heteroatoms. The second-order valence-corrected chi connectivity index (χ2v) is 5.38. The van der Waals surface area contributed by atoms with Gasteiger partial charge in [0.1, 0.15) is 0 Å². The summed E-state index contributed by atoms with van der Waals surface area (Å²) in [6, 6.07) is 3.62. The molecule has 0 aromatic carbocycles. The van der Waals surface area contributed by atoms with Crippen molar-refractivity contribution < 1.29 is 14.4 Å². The van der Waals surface area contributed by atoms with Gasteiger partial charge in [0.2, 0.25) is 0 Å². The van der Waals surface area contributed by atoms with Gasteiger partial charge in [-0.05, 0) is 30.9 Å². The normalized spacial score (nSPS) is 20.1. The molecule has 0 saturated heterocycles. The summed E-state index contributed by atoms with van der Waals surface area (Å²) >= 11 is 0. The third-order valence-electron chi connectivity index (χ3n) is 3.81. The lowest BCUT2D eigenvalue weighted by Gasteiger charge is -2.23. The molecule has 0 bridgehead atoms. The average molecular weight is 302 g/mol. The maximum Gasteiger partial charge on any atom is 0.166 e. The van der Waals surface area contributed by atoms with E-state index in [4.69, 9.17) is 4.84 Å². The zero-order valence-electron chi connectivity index (χ0n) is 13.0. The molecule has 1 atom stereocenters. The molecule has 0 aliphatic heterocycles. The Morgan fingerprint density at radius 3 is 2.64 bits per heavy atom. The Labute approximate surface area is 130 Å². The van der Waals surface area contributed by atoms with E-state index < -0.39 is 0 Å². The molecule has 1 saturated carbocycles. The molecule has 1 N–H and O–H groups in total. The van der Waals surface area contributed by atoms with Gasteiger partial charge in [-0.1, -0.05) is 19.1 Å². The van der Waals surface area contributed by atoms with Crippen molar-refractivity contribution in [3.05, 3.63) is 41.7 Å². The lowest BCUT2D eigenvalue weighted by atomic mass is 9.80. The Bertz CT molecular complexity index is 534. The Morgan fingerprint density at radius 1 is 1.36 bits per heavy atom. The molecular weight excluding hydrogens is 280 g/mol. The number of nitrogens with one attached hydrogen (secondary N) is 1. The van der Waals surface area contributed by atoms with Gasteiger partial charge < -0.3 is 4.84 Å². The number of pyridine rings is 1. The van der Waals surface area contributed by atoms with E-state index in [2.05, 4.69) is 10.5 Å². The zero-order valence-corrected chi connectivity index (χ0v) is 13.0. The standard InChI is InChI=1S/C17H22N2O3/c1-3-14(19-22-4-2)10-15-16(20)8-13(9-17(15)21)12-6-5-7-18-11-12/h5-7,10-11,13-14,19H,3-4,8-9H2,1-2H3. The molecule has 0 radical (unpaired) electrons. The largest absolute Gasteiger partial charge is 0.302 e. The van der Waals surface area contributed by atoms with Gasteiger partial charge >= 0.3 is 0 Å². The number of aromatic nitrogens is 1. The first kappa shape index (κ1) is 16.5. The van der Waals surface area contributed by atoms with Gasteiger partial charge in [0, 0.05) is 25.2 Å². The van der Waals surface area contributed by atoms with Gasteiger partial charge in [-0.25, -0.2) is 0 Å². The third-order valence-corrected chi connectivity index (χ3v) is 3.81. The van der Waals surface area contributed by atoms with Gasteiger partial charge in [0.15, 0.2) is 11.6 Å². The number of carbonyl (C=O) groups excluding carboxylic acids is 2. The monoisotopic (exact) mass is 302 g/mol. The third kappa shape index (κ3) is 4.08. The molecule has 1 aromatic rings. The van der Waals surface area contributed by atoms with Gasteiger partial charge in [-0.15, -0.1) is 0 Å². The van der Waals surface area contributed by atoms with Crippen LogP contribution >= 0.6 is 0 Å². The van der Waals surface area contributed by atoms with E-state index in [1.165, 1.54) is 0 Å². The van der Waals surface area contributed by atoms with E-state index in [0.29, 0.717) is 25.0 Å². The maximum absolute atomic E-state index is 12.3. The number of carbonyl (C=O) groups is 2. The Kier molecular flexibility index (Phi) is 5.98. The van der Waals surface area contributed by atoms with Crippen molar-refractivity contribution in [3.8, 4) is 0 Å². The smallest absolute Gasteiger partial charge is 0.166 e. The van der Waals surface area contributed by atoms with Crippen molar-refractivity contribution in [1.82, 2.24) is 10.5 Å². The highest BCUT2D eigenvalue weighted by Gasteiger charge is 2.31. The Hall–Kier alpha value is -1.85. The van der Waals surface area contributed by atoms with Crippen molar-refractivity contribution in [3.63, 3.8) is 0 Å². The van der Waals surface area contributed by atoms with Crippen LogP contribution in [0, 0.1) is 0 Å². The van der Waals surface area contributed by atoms with Gasteiger partial charge in [0.25, 0.3) is 0 Å². The van der Waals surface area contributed by atoms with Crippen molar-refractivity contribution in [1.29, 1.82) is 0 Å². The molecule has 118 valence electrons. The van der Waals surface area contributed by atoms with Crippen LogP contribution in [0.4, 0.5) is 0 Å². The maximum atomic E-state index is 12.3. The molecular formula is C17H22N2O3. The molecule has 1 fully saturated rings. The molecule has 5 nitrogen and oxygen atoms in total. The highest BCUT2D eigenvalue weighted by Crippen LogP contribution is 2.31. The number of nitrogens with zero attached hydrogens (tertiary/aromatic N) is 1. The van der Waals surface area contributed by atoms with Crippen molar-refractivity contribution >= 4 is 11.6 Å². The summed E-state index contributed by atoms with van der Waals surface area (Å²) in [4.78, 5) is 33.9. The molecule has 1 unspecified atom stereocenters. The Morgan fingerprint density at radius 2 is 2.09 bits per heavy atom. The van der Waals surface area contributed by atoms with Crippen molar-refractivity contribution in [2.24, 2.45) is 0 Å². The molecule has 1 heterocycles. The van der Waals surface area contributed by atoms with Gasteiger partial charge in [-0.3, -0.25) is 14.6 Å². The second-order valence-electron chi connectivity index (χ2n) is 5.38. The molecule has 0 amide bonds. The summed E-state index contributed by atoms with van der Waals surface area (Å²) < 4.78 is 0. The van der Waals surface area contributed by atoms with E-state index in [0.717, 1.165) is 12.0 Å². The van der Waals surface area contributed by atoms with Crippen LogP contribution in [0.5, 0.6) is 0 Å². The molecule has 1 aliphatic rings. The molecule has 1 aliphatic carbocycles. The summed E-state index contributed by atoms with van der Waals surface area (Å²) in [7, 11) is 0. The van der Waals surface area contributed by atoms with Crippen LogP contribution in [-0.4, -0.2) is 29.2 Å². The number of Topliss-reactive ketones (excluding diaryl/α,β-unsaturated/α-hetero) is 2. The van der Waals surface area contributed by atoms with Crippen LogP contribution < -0.4 is 5.48 Å². The van der Waals surface area contributed by atoms with E-state index >= 15 is 0 Å². The number of hydroxylamine groups is 1. The van der Waals surface area contributed by atoms with Crippen LogP contribution in [0.25, 0.3) is 0 Å². The van der Waals surface area contributed by atoms with Crippen molar-refractivity contribution in [2.45, 2.75) is 45.1 Å². The summed E-state index contributed by atoms with van der Waals surface area (Å²) in [5.74, 6) is -0.255. The number of hydrogen-bond donors (Lipinski definition) is 1.